The Bertz CT molecular complexity index is 623. The van der Waals surface area contributed by atoms with E-state index in [4.69, 9.17) is 10.5 Å². The Balaban J connectivity index is 2.23. The first-order valence-corrected chi connectivity index (χ1v) is 7.92. The van der Waals surface area contributed by atoms with Crippen molar-refractivity contribution in [1.29, 1.82) is 0 Å². The normalized spacial score (nSPS) is 14.9. The number of benzene rings is 1. The van der Waals surface area contributed by atoms with Gasteiger partial charge in [0.1, 0.15) is 11.5 Å². The van der Waals surface area contributed by atoms with Crippen molar-refractivity contribution in [1.82, 2.24) is 4.90 Å². The Hall–Kier alpha value is -1.76. The van der Waals surface area contributed by atoms with Gasteiger partial charge in [-0.15, -0.1) is 0 Å². The smallest absolute Gasteiger partial charge is 0.238 e. The zero-order valence-electron chi connectivity index (χ0n) is 11.5. The molecule has 0 spiro atoms. The zero-order valence-corrected chi connectivity index (χ0v) is 12.3. The third-order valence-electron chi connectivity index (χ3n) is 3.36. The summed E-state index contributed by atoms with van der Waals surface area (Å²) >= 11 is 0. The summed E-state index contributed by atoms with van der Waals surface area (Å²) in [7, 11) is -0.702. The third-order valence-corrected chi connectivity index (χ3v) is 5.01. The van der Waals surface area contributed by atoms with Gasteiger partial charge in [0.25, 0.3) is 0 Å². The number of hydrogen-bond donors (Lipinski definition) is 1. The SMILES string of the molecule is COc1ccc(N)c(S(=O)(=O)CC(=O)N(C)C2CC2)c1. The van der Waals surface area contributed by atoms with E-state index in [1.165, 1.54) is 24.1 Å². The fourth-order valence-electron chi connectivity index (χ4n) is 1.92. The van der Waals surface area contributed by atoms with Crippen LogP contribution in [0.3, 0.4) is 0 Å². The Morgan fingerprint density at radius 2 is 2.10 bits per heavy atom. The number of amides is 1. The highest BCUT2D eigenvalue weighted by atomic mass is 32.2. The van der Waals surface area contributed by atoms with Crippen LogP contribution in [0.25, 0.3) is 0 Å². The van der Waals surface area contributed by atoms with Crippen LogP contribution >= 0.6 is 0 Å². The van der Waals surface area contributed by atoms with Crippen LogP contribution < -0.4 is 10.5 Å². The molecule has 6 nitrogen and oxygen atoms in total. The van der Waals surface area contributed by atoms with E-state index in [0.717, 1.165) is 12.8 Å². The molecule has 20 heavy (non-hydrogen) atoms. The van der Waals surface area contributed by atoms with Crippen LogP contribution in [0.4, 0.5) is 5.69 Å². The van der Waals surface area contributed by atoms with Crippen molar-refractivity contribution in [2.45, 2.75) is 23.8 Å². The Kier molecular flexibility index (Phi) is 3.89. The van der Waals surface area contributed by atoms with E-state index in [2.05, 4.69) is 0 Å². The standard InChI is InChI=1S/C13H18N2O4S/c1-15(9-3-4-9)13(16)8-20(17,18)12-7-10(19-2)5-6-11(12)14/h5-7,9H,3-4,8,14H2,1-2H3. The highest BCUT2D eigenvalue weighted by molar-refractivity contribution is 7.92. The van der Waals surface area contributed by atoms with E-state index in [9.17, 15) is 13.2 Å². The molecule has 0 radical (unpaired) electrons. The second-order valence-corrected chi connectivity index (χ2v) is 6.86. The Labute approximate surface area is 118 Å². The minimum absolute atomic E-state index is 0.0607. The van der Waals surface area contributed by atoms with Crippen molar-refractivity contribution in [3.63, 3.8) is 0 Å². The molecule has 1 aliphatic carbocycles. The number of nitrogens with zero attached hydrogens (tertiary/aromatic N) is 1. The maximum Gasteiger partial charge on any atom is 0.238 e. The average molecular weight is 298 g/mol. The summed E-state index contributed by atoms with van der Waals surface area (Å²) in [5.41, 5.74) is 5.81. The maximum absolute atomic E-state index is 12.3. The molecule has 0 unspecified atom stereocenters. The van der Waals surface area contributed by atoms with Gasteiger partial charge in [-0.2, -0.15) is 0 Å². The number of methoxy groups -OCH3 is 1. The van der Waals surface area contributed by atoms with Gasteiger partial charge < -0.3 is 15.4 Å². The van der Waals surface area contributed by atoms with Crippen LogP contribution in [0.2, 0.25) is 0 Å². The molecule has 2 rings (SSSR count). The molecular formula is C13H18N2O4S. The van der Waals surface area contributed by atoms with Crippen molar-refractivity contribution in [3.05, 3.63) is 18.2 Å². The highest BCUT2D eigenvalue weighted by Gasteiger charge is 2.32. The largest absolute Gasteiger partial charge is 0.497 e. The zero-order chi connectivity index (χ0) is 14.9. The van der Waals surface area contributed by atoms with Crippen molar-refractivity contribution in [3.8, 4) is 5.75 Å². The second kappa shape index (κ2) is 5.32. The molecule has 0 aliphatic heterocycles. The highest BCUT2D eigenvalue weighted by Crippen LogP contribution is 2.28. The van der Waals surface area contributed by atoms with Crippen molar-refractivity contribution >= 4 is 21.4 Å². The predicted molar refractivity (Wildman–Crippen MR) is 75.3 cm³/mol. The summed E-state index contributed by atoms with van der Waals surface area (Å²) in [4.78, 5) is 13.4. The molecular weight excluding hydrogens is 280 g/mol. The van der Waals surface area contributed by atoms with Crippen LogP contribution in [-0.2, 0) is 14.6 Å². The number of carbonyl (C=O) groups excluding carboxylic acids is 1. The summed E-state index contributed by atoms with van der Waals surface area (Å²) in [6.45, 7) is 0. The van der Waals surface area contributed by atoms with Crippen molar-refractivity contribution in [2.75, 3.05) is 25.6 Å². The van der Waals surface area contributed by atoms with Crippen LogP contribution in [0.5, 0.6) is 5.75 Å². The lowest BCUT2D eigenvalue weighted by Gasteiger charge is -2.16. The number of nitrogen functional groups attached to an aromatic ring is 1. The topological polar surface area (TPSA) is 89.7 Å². The lowest BCUT2D eigenvalue weighted by molar-refractivity contribution is -0.127. The lowest BCUT2D eigenvalue weighted by atomic mass is 10.3. The molecule has 1 fully saturated rings. The van der Waals surface area contributed by atoms with E-state index in [1.54, 1.807) is 13.1 Å². The molecule has 0 aromatic heterocycles. The van der Waals surface area contributed by atoms with E-state index in [-0.39, 0.29) is 16.6 Å². The first kappa shape index (κ1) is 14.6. The summed E-state index contributed by atoms with van der Waals surface area (Å²) in [6.07, 6.45) is 1.87. The molecule has 110 valence electrons. The number of rotatable bonds is 5. The van der Waals surface area contributed by atoms with E-state index in [0.29, 0.717) is 5.75 Å². The Morgan fingerprint density at radius 1 is 1.45 bits per heavy atom. The molecule has 2 N–H and O–H groups in total. The molecule has 0 saturated heterocycles. The van der Waals surface area contributed by atoms with Crippen LogP contribution in [0.15, 0.2) is 23.1 Å². The molecule has 1 amide bonds. The monoisotopic (exact) mass is 298 g/mol. The quantitative estimate of drug-likeness (QED) is 0.807. The Morgan fingerprint density at radius 3 is 2.65 bits per heavy atom. The van der Waals surface area contributed by atoms with E-state index < -0.39 is 21.5 Å². The molecule has 1 aromatic carbocycles. The third kappa shape index (κ3) is 3.04. The van der Waals surface area contributed by atoms with Gasteiger partial charge in [0.05, 0.1) is 17.7 Å². The van der Waals surface area contributed by atoms with Gasteiger partial charge in [-0.25, -0.2) is 8.42 Å². The second-order valence-electron chi connectivity index (χ2n) is 4.90. The van der Waals surface area contributed by atoms with Gasteiger partial charge in [0, 0.05) is 19.2 Å². The number of ether oxygens (including phenoxy) is 1. The minimum atomic E-state index is -3.77. The van der Waals surface area contributed by atoms with E-state index in [1.807, 2.05) is 0 Å². The summed E-state index contributed by atoms with van der Waals surface area (Å²) in [5.74, 6) is -0.590. The molecule has 0 atom stereocenters. The summed E-state index contributed by atoms with van der Waals surface area (Å²) < 4.78 is 29.6. The van der Waals surface area contributed by atoms with Gasteiger partial charge >= 0.3 is 0 Å². The fourth-order valence-corrected chi connectivity index (χ4v) is 3.33. The predicted octanol–water partition coefficient (Wildman–Crippen LogP) is 0.672. The minimum Gasteiger partial charge on any atom is -0.497 e. The summed E-state index contributed by atoms with van der Waals surface area (Å²) in [5, 5.41) is 0. The van der Waals surface area contributed by atoms with Gasteiger partial charge in [-0.1, -0.05) is 0 Å². The van der Waals surface area contributed by atoms with Gasteiger partial charge in [0.15, 0.2) is 9.84 Å². The first-order valence-electron chi connectivity index (χ1n) is 6.27. The molecule has 1 saturated carbocycles. The van der Waals surface area contributed by atoms with Gasteiger partial charge in [-0.3, -0.25) is 4.79 Å². The first-order chi connectivity index (χ1) is 9.35. The van der Waals surface area contributed by atoms with Gasteiger partial charge in [0.2, 0.25) is 5.91 Å². The fraction of sp³-hybridized carbons (Fsp3) is 0.462. The van der Waals surface area contributed by atoms with Crippen molar-refractivity contribution in [2.24, 2.45) is 0 Å². The number of carbonyl (C=O) groups is 1. The number of sulfone groups is 1. The maximum atomic E-state index is 12.3. The average Bonchev–Trinajstić information content (AvgIpc) is 3.22. The number of anilines is 1. The van der Waals surface area contributed by atoms with Crippen LogP contribution in [-0.4, -0.2) is 45.2 Å². The van der Waals surface area contributed by atoms with Crippen LogP contribution in [0, 0.1) is 0 Å². The molecule has 0 bridgehead atoms. The summed E-state index contributed by atoms with van der Waals surface area (Å²) in [6, 6.07) is 4.56. The van der Waals surface area contributed by atoms with Gasteiger partial charge in [-0.05, 0) is 25.0 Å². The molecule has 7 heteroatoms. The lowest BCUT2D eigenvalue weighted by Crippen LogP contribution is -2.34. The molecule has 1 aromatic rings. The number of nitrogens with two attached hydrogens (primary N) is 1. The van der Waals surface area contributed by atoms with Crippen LogP contribution in [0.1, 0.15) is 12.8 Å². The van der Waals surface area contributed by atoms with Crippen molar-refractivity contribution < 1.29 is 17.9 Å². The van der Waals surface area contributed by atoms with E-state index >= 15 is 0 Å². The molecule has 1 aliphatic rings. The molecule has 0 heterocycles. The number of hydrogen-bond acceptors (Lipinski definition) is 5.